The maximum absolute atomic E-state index is 14.5. The highest BCUT2D eigenvalue weighted by Gasteiger charge is 2.46. The van der Waals surface area contributed by atoms with Crippen molar-refractivity contribution in [2.45, 2.75) is 101 Å². The fourth-order valence-corrected chi connectivity index (χ4v) is 10.0. The first-order valence-electron chi connectivity index (χ1n) is 26.1. The van der Waals surface area contributed by atoms with Crippen LogP contribution in [0.1, 0.15) is 116 Å². The minimum absolute atomic E-state index is 0.0223. The minimum atomic E-state index is -1.43. The van der Waals surface area contributed by atoms with Crippen molar-refractivity contribution in [2.75, 3.05) is 68.4 Å². The first kappa shape index (κ1) is 57.6. The first-order chi connectivity index (χ1) is 37.7. The van der Waals surface area contributed by atoms with Crippen LogP contribution in [0, 0.1) is 0 Å². The van der Waals surface area contributed by atoms with Crippen molar-refractivity contribution < 1.29 is 76.6 Å². The summed E-state index contributed by atoms with van der Waals surface area (Å²) in [6, 6.07) is 18.8. The molecule has 21 nitrogen and oxygen atoms in total. The number of carbonyl (C=O) groups excluding carboxylic acids is 7. The maximum Gasteiger partial charge on any atom is 0.329 e. The number of aryl methyl sites for hydroxylation is 1. The summed E-state index contributed by atoms with van der Waals surface area (Å²) in [4.78, 5) is 94.9. The fourth-order valence-electron chi connectivity index (χ4n) is 10.0. The number of hydrogen-bond acceptors (Lipinski definition) is 16. The highest BCUT2D eigenvalue weighted by Crippen LogP contribution is 2.43. The van der Waals surface area contributed by atoms with Crippen LogP contribution in [0.15, 0.2) is 72.8 Å². The van der Waals surface area contributed by atoms with Gasteiger partial charge in [0.15, 0.2) is 42.4 Å². The second-order valence-electron chi connectivity index (χ2n) is 18.9. The number of rotatable bonds is 26. The fraction of sp³-hybridized carbons (Fsp3) is 0.456. The smallest absolute Gasteiger partial charge is 0.329 e. The van der Waals surface area contributed by atoms with E-state index in [1.54, 1.807) is 55.5 Å². The average Bonchev–Trinajstić information content (AvgIpc) is 3.77. The number of aliphatic hydroxyl groups excluding tert-OH is 1. The Labute approximate surface area is 453 Å². The number of likely N-dealkylation sites (tertiary alicyclic amines) is 1. The number of amides is 6. The molecule has 6 amide bonds. The molecule has 2 saturated heterocycles. The number of imide groups is 1. The van der Waals surface area contributed by atoms with Gasteiger partial charge in [0, 0.05) is 31.6 Å². The molecule has 78 heavy (non-hydrogen) atoms. The van der Waals surface area contributed by atoms with Crippen molar-refractivity contribution >= 4 is 41.4 Å². The molecule has 0 aromatic heterocycles. The van der Waals surface area contributed by atoms with Gasteiger partial charge in [-0.05, 0) is 117 Å². The van der Waals surface area contributed by atoms with E-state index in [0.717, 1.165) is 23.3 Å². The second-order valence-corrected chi connectivity index (χ2v) is 18.9. The van der Waals surface area contributed by atoms with Crippen LogP contribution in [0.5, 0.6) is 40.2 Å². The van der Waals surface area contributed by atoms with Gasteiger partial charge in [0.05, 0.1) is 47.0 Å². The Kier molecular flexibility index (Phi) is 20.2. The van der Waals surface area contributed by atoms with E-state index in [-0.39, 0.29) is 54.7 Å². The molecule has 3 heterocycles. The number of methoxy groups -OCH3 is 5. The van der Waals surface area contributed by atoms with Crippen molar-refractivity contribution in [1.29, 1.82) is 0 Å². The predicted octanol–water partition coefficient (Wildman–Crippen LogP) is 5.24. The molecule has 3 aliphatic heterocycles. The van der Waals surface area contributed by atoms with Gasteiger partial charge in [-0.2, -0.15) is 0 Å². The number of nitrogens with one attached hydrogen (secondary N) is 3. The molecular weight excluding hydrogens is 1010 g/mol. The number of benzene rings is 4. The number of ether oxygens (including phenoxy) is 8. The summed E-state index contributed by atoms with van der Waals surface area (Å²) in [7, 11) is 7.66. The third-order valence-corrected chi connectivity index (χ3v) is 14.1. The van der Waals surface area contributed by atoms with Gasteiger partial charge in [-0.1, -0.05) is 37.3 Å². The summed E-state index contributed by atoms with van der Waals surface area (Å²) in [5.41, 5.74) is 2.47. The van der Waals surface area contributed by atoms with Gasteiger partial charge in [0.1, 0.15) is 29.7 Å². The van der Waals surface area contributed by atoms with Gasteiger partial charge in [-0.25, -0.2) is 4.79 Å². The normalized spacial score (nSPS) is 17.7. The minimum Gasteiger partial charge on any atom is -0.493 e. The molecule has 2 fully saturated rings. The molecule has 3 aliphatic rings. The zero-order valence-corrected chi connectivity index (χ0v) is 44.9. The molecule has 2 unspecified atom stereocenters. The Morgan fingerprint density at radius 3 is 2.06 bits per heavy atom. The second kappa shape index (κ2) is 27.3. The summed E-state index contributed by atoms with van der Waals surface area (Å²) in [5.74, 6) is -1.15. The number of nitrogens with zero attached hydrogens (tertiary/aromatic N) is 2. The van der Waals surface area contributed by atoms with Crippen LogP contribution in [0.3, 0.4) is 0 Å². The largest absolute Gasteiger partial charge is 0.493 e. The molecule has 0 radical (unpaired) electrons. The number of hydrogen-bond donors (Lipinski definition) is 4. The highest BCUT2D eigenvalue weighted by molar-refractivity contribution is 6.07. The Balaban J connectivity index is 0.920. The van der Waals surface area contributed by atoms with Gasteiger partial charge < -0.3 is 58.5 Å². The summed E-state index contributed by atoms with van der Waals surface area (Å²) in [5, 5.41) is 18.7. The van der Waals surface area contributed by atoms with E-state index in [1.165, 1.54) is 33.5 Å². The molecule has 418 valence electrons. The van der Waals surface area contributed by atoms with Gasteiger partial charge in [-0.15, -0.1) is 0 Å². The molecule has 7 rings (SSSR count). The summed E-state index contributed by atoms with van der Waals surface area (Å²) >= 11 is 0. The Morgan fingerprint density at radius 2 is 1.41 bits per heavy atom. The monoisotopic (exact) mass is 1080 g/mol. The topological polar surface area (TPSA) is 256 Å². The molecule has 5 atom stereocenters. The van der Waals surface area contributed by atoms with Crippen LogP contribution < -0.4 is 49.1 Å². The molecule has 4 aromatic rings. The zero-order chi connectivity index (χ0) is 55.9. The van der Waals surface area contributed by atoms with E-state index in [0.29, 0.717) is 97.2 Å². The highest BCUT2D eigenvalue weighted by atomic mass is 16.5. The van der Waals surface area contributed by atoms with Crippen molar-refractivity contribution in [3.8, 4) is 40.2 Å². The standard InChI is InChI=1S/C57H69N5O16/c1-7-38(36-30-46(73-4)52(75-6)47(31-36)74-5)54(67)61-27-11-8-17-41(61)57(70)78-42(22-19-34-20-23-43(71-2)45(28-34)72-3)35-14-12-15-37(29-35)76-32-49(64)58-25-9-10-26-59-50(65)33-77-44-18-13-16-39-51(44)56(69)62(55(39)68)40-21-24-48(63)60-53(40)66/h12-16,18,20,23,28-31,38,40-42,55,68H,7-11,17,19,21-22,24-27,32-33H2,1-6H3,(H,58,64)(H,59,65)(H,60,63,66)/t38-,40?,41-,42+,55?/m0/s1. The Morgan fingerprint density at radius 1 is 0.731 bits per heavy atom. The third-order valence-electron chi connectivity index (χ3n) is 14.1. The molecule has 0 saturated carbocycles. The number of piperidine rings is 2. The molecular formula is C57H69N5O16. The van der Waals surface area contributed by atoms with Crippen LogP contribution in [-0.2, 0) is 39.9 Å². The van der Waals surface area contributed by atoms with E-state index in [1.807, 2.05) is 31.2 Å². The van der Waals surface area contributed by atoms with E-state index in [9.17, 15) is 38.7 Å². The number of carbonyl (C=O) groups is 7. The van der Waals surface area contributed by atoms with Crippen LogP contribution in [0.4, 0.5) is 0 Å². The maximum atomic E-state index is 14.5. The average molecular weight is 1080 g/mol. The van der Waals surface area contributed by atoms with Crippen molar-refractivity contribution in [2.24, 2.45) is 0 Å². The Hall–Kier alpha value is -8.07. The lowest BCUT2D eigenvalue weighted by atomic mass is 9.91. The molecule has 4 N–H and O–H groups in total. The molecule has 0 bridgehead atoms. The van der Waals surface area contributed by atoms with E-state index in [4.69, 9.17) is 37.9 Å². The van der Waals surface area contributed by atoms with Crippen LogP contribution >= 0.6 is 0 Å². The lowest BCUT2D eigenvalue weighted by molar-refractivity contribution is -0.162. The number of aliphatic hydroxyl groups is 1. The molecule has 4 aromatic carbocycles. The quantitative estimate of drug-likeness (QED) is 0.0356. The lowest BCUT2D eigenvalue weighted by Crippen LogP contribution is -2.53. The van der Waals surface area contributed by atoms with Crippen molar-refractivity contribution in [3.63, 3.8) is 0 Å². The Bertz CT molecular complexity index is 2800. The summed E-state index contributed by atoms with van der Waals surface area (Å²) < 4.78 is 45.7. The molecule has 21 heteroatoms. The zero-order valence-electron chi connectivity index (χ0n) is 44.9. The van der Waals surface area contributed by atoms with Crippen molar-refractivity contribution in [1.82, 2.24) is 25.8 Å². The van der Waals surface area contributed by atoms with Crippen LogP contribution in [0.25, 0.3) is 0 Å². The van der Waals surface area contributed by atoms with Gasteiger partial charge >= 0.3 is 5.97 Å². The van der Waals surface area contributed by atoms with Gasteiger partial charge in [-0.3, -0.25) is 39.0 Å². The summed E-state index contributed by atoms with van der Waals surface area (Å²) in [6.45, 7) is 2.14. The number of fused-ring (bicyclic) bond motifs is 1. The summed E-state index contributed by atoms with van der Waals surface area (Å²) in [6.07, 6.45) is 2.08. The number of esters is 1. The van der Waals surface area contributed by atoms with Crippen LogP contribution in [-0.4, -0.2) is 137 Å². The van der Waals surface area contributed by atoms with Crippen molar-refractivity contribution in [3.05, 3.63) is 101 Å². The van der Waals surface area contributed by atoms with Crippen LogP contribution in [0.2, 0.25) is 0 Å². The number of unbranched alkanes of at least 4 members (excludes halogenated alkanes) is 1. The SMILES string of the molecule is CC[C@H](C(=O)N1CCCC[C@H]1C(=O)O[C@H](CCc1ccc(OC)c(OC)c1)c1cccc(OCC(=O)NCCCCNC(=O)COc2cccc3c2C(=O)N(C2CCC(=O)NC2=O)C3O)c1)c1cc(OC)c(OC)c(OC)c1. The lowest BCUT2D eigenvalue weighted by Gasteiger charge is -2.37. The molecule has 0 aliphatic carbocycles. The third kappa shape index (κ3) is 13.7. The molecule has 0 spiro atoms. The van der Waals surface area contributed by atoms with Gasteiger partial charge in [0.2, 0.25) is 23.5 Å². The van der Waals surface area contributed by atoms with E-state index >= 15 is 0 Å². The predicted molar refractivity (Wildman–Crippen MR) is 282 cm³/mol. The van der Waals surface area contributed by atoms with E-state index in [2.05, 4.69) is 16.0 Å². The van der Waals surface area contributed by atoms with E-state index < -0.39 is 66.5 Å². The van der Waals surface area contributed by atoms with Gasteiger partial charge in [0.25, 0.3) is 17.7 Å². The first-order valence-corrected chi connectivity index (χ1v) is 26.1.